The Hall–Kier alpha value is -3.98. The summed E-state index contributed by atoms with van der Waals surface area (Å²) in [4.78, 5) is 0. The van der Waals surface area contributed by atoms with E-state index in [0.29, 0.717) is 60.5 Å². The number of ether oxygens (including phenoxy) is 2. The smallest absolute Gasteiger partial charge is 0.442 e. The molecule has 3 unspecified atom stereocenters. The minimum absolute atomic E-state index is 0.358. The topological polar surface area (TPSA) is 71.1 Å². The van der Waals surface area contributed by atoms with Crippen molar-refractivity contribution in [1.29, 1.82) is 0 Å². The Labute approximate surface area is 326 Å². The Balaban J connectivity index is 1.42. The molecular weight excluding hydrogens is 710 g/mol. The highest BCUT2D eigenvalue weighted by molar-refractivity contribution is 7.41. The molecule has 0 aliphatic heterocycles. The van der Waals surface area contributed by atoms with Gasteiger partial charge in [-0.2, -0.15) is 0 Å². The molecule has 0 saturated carbocycles. The molecule has 3 atom stereocenters. The molecule has 4 rings (SSSR count). The van der Waals surface area contributed by atoms with Crippen LogP contribution < -0.4 is 18.5 Å². The van der Waals surface area contributed by atoms with Crippen LogP contribution in [0.25, 0.3) is 0 Å². The van der Waals surface area contributed by atoms with Crippen molar-refractivity contribution in [3.05, 3.63) is 131 Å². The third-order valence-electron chi connectivity index (χ3n) is 10.7. The van der Waals surface area contributed by atoms with Crippen LogP contribution >= 0.6 is 16.1 Å². The quantitative estimate of drug-likeness (QED) is 0.0658. The average molecular weight is 771 g/mol. The van der Waals surface area contributed by atoms with Gasteiger partial charge in [0, 0.05) is 37.0 Å². The number of hydrogen-bond donors (Lipinski definition) is 0. The molecule has 0 N–H and O–H groups in total. The zero-order chi connectivity index (χ0) is 39.5. The molecule has 6 nitrogen and oxygen atoms in total. The van der Waals surface area contributed by atoms with E-state index in [1.54, 1.807) is 0 Å². The third-order valence-corrected chi connectivity index (χ3v) is 14.3. The van der Waals surface area contributed by atoms with Gasteiger partial charge in [-0.15, -0.1) is 0 Å². The highest BCUT2D eigenvalue weighted by atomic mass is 31.1. The van der Waals surface area contributed by atoms with Crippen LogP contribution in [-0.4, -0.2) is 10.7 Å². The van der Waals surface area contributed by atoms with E-state index >= 15 is 0 Å². The van der Waals surface area contributed by atoms with Gasteiger partial charge in [0.25, 0.3) is 0 Å². The summed E-state index contributed by atoms with van der Waals surface area (Å²) in [5.41, 5.74) is 4.22. The van der Waals surface area contributed by atoms with Crippen LogP contribution in [0, 0.1) is 0 Å². The molecule has 4 aromatic carbocycles. The summed E-state index contributed by atoms with van der Waals surface area (Å²) >= 11 is 0. The van der Waals surface area contributed by atoms with Crippen LogP contribution in [0.5, 0.6) is 23.0 Å². The van der Waals surface area contributed by atoms with Gasteiger partial charge in [0.1, 0.15) is 11.5 Å². The van der Waals surface area contributed by atoms with Crippen molar-refractivity contribution in [2.75, 3.05) is 0 Å². The predicted molar refractivity (Wildman–Crippen MR) is 224 cm³/mol. The Morgan fingerprint density at radius 2 is 0.907 bits per heavy atom. The Morgan fingerprint density at radius 3 is 1.22 bits per heavy atom. The molecule has 0 aliphatic rings. The first-order chi connectivity index (χ1) is 25.8. The largest absolute Gasteiger partial charge is 0.604 e. The highest BCUT2D eigenvalue weighted by Crippen LogP contribution is 2.49. The molecule has 0 aromatic heterocycles. The highest BCUT2D eigenvalue weighted by Gasteiger charge is 2.53. The Bertz CT molecular complexity index is 1820. The summed E-state index contributed by atoms with van der Waals surface area (Å²) in [5, 5.41) is -1.91. The molecule has 0 radical (unpaired) electrons. The van der Waals surface area contributed by atoms with Crippen LogP contribution in [0.4, 0.5) is 0 Å². The van der Waals surface area contributed by atoms with Gasteiger partial charge < -0.3 is 9.47 Å². The number of rotatable bonds is 20. The summed E-state index contributed by atoms with van der Waals surface area (Å²) in [6.07, 6.45) is 7.46. The van der Waals surface area contributed by atoms with Crippen LogP contribution in [0.2, 0.25) is 0 Å². The van der Waals surface area contributed by atoms with Crippen molar-refractivity contribution in [3.8, 4) is 23.0 Å². The molecular formula is C46H60O6P2+2. The van der Waals surface area contributed by atoms with Gasteiger partial charge in [0.15, 0.2) is 11.5 Å². The number of hydrogen-bond acceptors (Lipinski definition) is 6. The molecule has 0 aliphatic carbocycles. The standard InChI is InChI=1S/C46H60O6P2/c1-11-17-35(12-2)37-20-28-41(29-21-37)50-46(15-5,16-6)54(48)52-43-32-24-39(25-33-43)44(9,10)38-22-30-42(31-23-38)51-53(47)45(13-3,14-4)49-40-26-18-36(19-27-40)34(7)8/h11,17-35H,12-16H2,1-10H3/q+2. The van der Waals surface area contributed by atoms with Crippen molar-refractivity contribution in [2.45, 2.75) is 129 Å². The second-order valence-electron chi connectivity index (χ2n) is 14.7. The van der Waals surface area contributed by atoms with E-state index in [1.807, 2.05) is 107 Å². The second kappa shape index (κ2) is 19.1. The van der Waals surface area contributed by atoms with Gasteiger partial charge in [0.05, 0.1) is 0 Å². The van der Waals surface area contributed by atoms with Gasteiger partial charge in [-0.05, 0) is 99.2 Å². The Morgan fingerprint density at radius 1 is 0.556 bits per heavy atom. The minimum Gasteiger partial charge on any atom is -0.442 e. The molecule has 0 fully saturated rings. The van der Waals surface area contributed by atoms with Crippen molar-refractivity contribution in [3.63, 3.8) is 0 Å². The molecule has 0 spiro atoms. The summed E-state index contributed by atoms with van der Waals surface area (Å²) in [6, 6.07) is 31.6. The lowest BCUT2D eigenvalue weighted by molar-refractivity contribution is 0.135. The molecule has 0 saturated heterocycles. The number of benzene rings is 4. The third kappa shape index (κ3) is 10.0. The van der Waals surface area contributed by atoms with E-state index in [1.165, 1.54) is 11.1 Å². The van der Waals surface area contributed by atoms with Crippen molar-refractivity contribution in [2.24, 2.45) is 0 Å². The molecule has 0 amide bonds. The van der Waals surface area contributed by atoms with Crippen LogP contribution in [-0.2, 0) is 14.5 Å². The fourth-order valence-electron chi connectivity index (χ4n) is 6.63. The lowest BCUT2D eigenvalue weighted by Gasteiger charge is -2.26. The lowest BCUT2D eigenvalue weighted by atomic mass is 9.78. The minimum atomic E-state index is -2.21. The van der Waals surface area contributed by atoms with Gasteiger partial charge in [-0.25, -0.2) is 0 Å². The summed E-state index contributed by atoms with van der Waals surface area (Å²) in [6.45, 7) is 20.8. The van der Waals surface area contributed by atoms with Crippen LogP contribution in [0.15, 0.2) is 109 Å². The van der Waals surface area contributed by atoms with E-state index in [4.69, 9.17) is 18.5 Å². The van der Waals surface area contributed by atoms with E-state index in [2.05, 4.69) is 71.0 Å². The SMILES string of the molecule is CC=CC(CC)c1ccc(OC(CC)(CC)[P+](=O)Oc2ccc(C(C)(C)c3ccc(O[P+](=O)C(CC)(CC)Oc4ccc(C(C)C)cc4)cc3)cc2)cc1. The van der Waals surface area contributed by atoms with E-state index < -0.39 is 26.7 Å². The first-order valence-corrected chi connectivity index (χ1v) is 21.9. The molecule has 4 aromatic rings. The van der Waals surface area contributed by atoms with E-state index in [9.17, 15) is 9.13 Å². The van der Waals surface area contributed by atoms with E-state index in [-0.39, 0.29) is 5.41 Å². The predicted octanol–water partition coefficient (Wildman–Crippen LogP) is 14.6. The van der Waals surface area contributed by atoms with Gasteiger partial charge in [-0.1, -0.05) is 123 Å². The zero-order valence-electron chi connectivity index (χ0n) is 33.9. The zero-order valence-corrected chi connectivity index (χ0v) is 35.7. The van der Waals surface area contributed by atoms with Crippen molar-refractivity contribution < 1.29 is 27.7 Å². The second-order valence-corrected chi connectivity index (χ2v) is 17.7. The average Bonchev–Trinajstić information content (AvgIpc) is 3.19. The maximum absolute atomic E-state index is 13.8. The fourth-order valence-corrected chi connectivity index (χ4v) is 8.98. The number of allylic oxidation sites excluding steroid dienone is 2. The monoisotopic (exact) mass is 770 g/mol. The van der Waals surface area contributed by atoms with Crippen molar-refractivity contribution in [1.82, 2.24) is 0 Å². The molecule has 8 heteroatoms. The fraction of sp³-hybridized carbons (Fsp3) is 0.435. The van der Waals surface area contributed by atoms with Crippen LogP contribution in [0.3, 0.4) is 0 Å². The van der Waals surface area contributed by atoms with Crippen molar-refractivity contribution >= 4 is 16.1 Å². The van der Waals surface area contributed by atoms with E-state index in [0.717, 1.165) is 17.5 Å². The normalized spacial score (nSPS) is 13.5. The maximum atomic E-state index is 13.8. The summed E-state index contributed by atoms with van der Waals surface area (Å²) < 4.78 is 52.5. The maximum Gasteiger partial charge on any atom is 0.604 e. The molecule has 0 heterocycles. The molecule has 54 heavy (non-hydrogen) atoms. The molecule has 0 bridgehead atoms. The molecule has 288 valence electrons. The summed E-state index contributed by atoms with van der Waals surface area (Å²) in [5.74, 6) is 3.20. The summed E-state index contributed by atoms with van der Waals surface area (Å²) in [7, 11) is -4.40. The van der Waals surface area contributed by atoms with Gasteiger partial charge in [-0.3, -0.25) is 9.05 Å². The van der Waals surface area contributed by atoms with Gasteiger partial charge >= 0.3 is 26.7 Å². The first kappa shape index (κ1) is 42.8. The van der Waals surface area contributed by atoms with Crippen LogP contribution in [0.1, 0.15) is 135 Å². The lowest BCUT2D eigenvalue weighted by Crippen LogP contribution is -2.31. The Kier molecular flexibility index (Phi) is 15.1. The van der Waals surface area contributed by atoms with Gasteiger partial charge in [0.2, 0.25) is 0 Å². The first-order valence-electron chi connectivity index (χ1n) is 19.5.